The van der Waals surface area contributed by atoms with E-state index < -0.39 is 18.2 Å². The van der Waals surface area contributed by atoms with Crippen LogP contribution in [0.25, 0.3) is 11.1 Å². The number of aryl methyl sites for hydroxylation is 1. The van der Waals surface area contributed by atoms with Gasteiger partial charge in [0.25, 0.3) is 0 Å². The van der Waals surface area contributed by atoms with E-state index in [0.717, 1.165) is 66.5 Å². The number of hydrogen-bond donors (Lipinski definition) is 1. The first kappa shape index (κ1) is 28.6. The van der Waals surface area contributed by atoms with E-state index in [1.807, 2.05) is 6.92 Å². The third kappa shape index (κ3) is 5.89. The van der Waals surface area contributed by atoms with E-state index in [-0.39, 0.29) is 23.3 Å². The van der Waals surface area contributed by atoms with Gasteiger partial charge in [-0.3, -0.25) is 9.69 Å². The zero-order valence-corrected chi connectivity index (χ0v) is 23.8. The van der Waals surface area contributed by atoms with Gasteiger partial charge in [-0.15, -0.1) is 13.2 Å². The minimum Gasteiger partial charge on any atom is -0.487 e. The molecular formula is C33H36F3NO5. The lowest BCUT2D eigenvalue weighted by molar-refractivity contribution is -0.275. The molecule has 3 atom stereocenters. The summed E-state index contributed by atoms with van der Waals surface area (Å²) in [4.78, 5) is 14.0. The van der Waals surface area contributed by atoms with Crippen LogP contribution in [0, 0.1) is 11.8 Å². The molecule has 2 aliphatic heterocycles. The van der Waals surface area contributed by atoms with Gasteiger partial charge in [-0.2, -0.15) is 0 Å². The standard InChI is InChI=1S/C33H36F3NO5/c1-20(31(38)39)30(23-4-5-23)25-6-3-22-9-11-32(41-29(22)18-25)12-14-37(15-13-32)21(2)27-17-24(26-10-16-40-19-26)7-8-28(27)42-33(34,35)36/h3,6-8,10,16-21,23,30H,4-5,9,11-15H2,1-2H3,(H,38,39)/t20-,21?,30-/m0/s1. The van der Waals surface area contributed by atoms with Crippen LogP contribution in [0.4, 0.5) is 13.2 Å². The van der Waals surface area contributed by atoms with Crippen molar-refractivity contribution in [2.75, 3.05) is 13.1 Å². The SMILES string of the molecule is CC(c1cc(-c2ccoc2)ccc1OC(F)(F)F)N1CCC2(CCc3ccc([C@H](C4CC4)[C@H](C)C(=O)O)cc3O2)CC1. The quantitative estimate of drug-likeness (QED) is 0.290. The predicted octanol–water partition coefficient (Wildman–Crippen LogP) is 7.98. The number of halogens is 3. The van der Waals surface area contributed by atoms with E-state index in [1.54, 1.807) is 31.4 Å². The molecule has 3 heterocycles. The van der Waals surface area contributed by atoms with Crippen LogP contribution >= 0.6 is 0 Å². The molecule has 0 amide bonds. The fourth-order valence-electron chi connectivity index (χ4n) is 6.87. The minimum atomic E-state index is -4.79. The number of benzene rings is 2. The molecule has 1 N–H and O–H groups in total. The normalized spacial score (nSPS) is 20.8. The zero-order valence-electron chi connectivity index (χ0n) is 23.8. The summed E-state index contributed by atoms with van der Waals surface area (Å²) < 4.78 is 56.2. The Morgan fingerprint density at radius 3 is 2.45 bits per heavy atom. The molecule has 1 saturated carbocycles. The van der Waals surface area contributed by atoms with Crippen molar-refractivity contribution in [3.8, 4) is 22.6 Å². The van der Waals surface area contributed by atoms with Crippen LogP contribution in [0.15, 0.2) is 59.4 Å². The highest BCUT2D eigenvalue weighted by Crippen LogP contribution is 2.49. The van der Waals surface area contributed by atoms with Crippen molar-refractivity contribution < 1.29 is 37.0 Å². The highest BCUT2D eigenvalue weighted by molar-refractivity contribution is 5.71. The summed E-state index contributed by atoms with van der Waals surface area (Å²) in [7, 11) is 0. The number of ether oxygens (including phenoxy) is 2. The van der Waals surface area contributed by atoms with Crippen molar-refractivity contribution in [3.63, 3.8) is 0 Å². The fourth-order valence-corrected chi connectivity index (χ4v) is 6.87. The smallest absolute Gasteiger partial charge is 0.487 e. The second-order valence-electron chi connectivity index (χ2n) is 12.2. The molecule has 0 radical (unpaired) electrons. The molecule has 2 aromatic carbocycles. The first-order valence-corrected chi connectivity index (χ1v) is 14.7. The highest BCUT2D eigenvalue weighted by Gasteiger charge is 2.43. The molecule has 6 rings (SSSR count). The summed E-state index contributed by atoms with van der Waals surface area (Å²) in [6.45, 7) is 5.04. The molecule has 1 saturated heterocycles. The fraction of sp³-hybridized carbons (Fsp3) is 0.485. The average Bonchev–Trinajstić information content (AvgIpc) is 3.63. The molecule has 224 valence electrons. The van der Waals surface area contributed by atoms with Crippen LogP contribution in [0.2, 0.25) is 0 Å². The molecule has 1 spiro atoms. The molecule has 3 aliphatic rings. The van der Waals surface area contributed by atoms with Gasteiger partial charge >= 0.3 is 12.3 Å². The van der Waals surface area contributed by atoms with Gasteiger partial charge in [-0.1, -0.05) is 25.1 Å². The second-order valence-corrected chi connectivity index (χ2v) is 12.2. The topological polar surface area (TPSA) is 72.1 Å². The molecule has 2 fully saturated rings. The molecule has 3 aromatic rings. The summed E-state index contributed by atoms with van der Waals surface area (Å²) in [5.74, 6) is -0.216. The number of likely N-dealkylation sites (tertiary alicyclic amines) is 1. The van der Waals surface area contributed by atoms with Crippen molar-refractivity contribution in [2.45, 2.75) is 76.3 Å². The lowest BCUT2D eigenvalue weighted by Gasteiger charge is -2.46. The number of carbonyl (C=O) groups is 1. The number of carboxylic acids is 1. The lowest BCUT2D eigenvalue weighted by atomic mass is 9.80. The van der Waals surface area contributed by atoms with Crippen LogP contribution in [0.5, 0.6) is 11.5 Å². The number of hydrogen-bond acceptors (Lipinski definition) is 5. The number of alkyl halides is 3. The molecule has 1 unspecified atom stereocenters. The Morgan fingerprint density at radius 1 is 1.05 bits per heavy atom. The summed E-state index contributed by atoms with van der Waals surface area (Å²) in [6.07, 6.45) is 3.66. The van der Waals surface area contributed by atoms with Crippen molar-refractivity contribution in [1.29, 1.82) is 0 Å². The number of carboxylic acid groups (broad SMARTS) is 1. The van der Waals surface area contributed by atoms with Crippen molar-refractivity contribution in [3.05, 3.63) is 71.7 Å². The number of fused-ring (bicyclic) bond motifs is 1. The van der Waals surface area contributed by atoms with Crippen LogP contribution in [-0.4, -0.2) is 41.0 Å². The number of nitrogens with zero attached hydrogens (tertiary/aromatic N) is 1. The Morgan fingerprint density at radius 2 is 1.81 bits per heavy atom. The number of furan rings is 1. The molecule has 42 heavy (non-hydrogen) atoms. The Labute approximate surface area is 243 Å². The minimum absolute atomic E-state index is 0.0251. The third-order valence-electron chi connectivity index (χ3n) is 9.51. The van der Waals surface area contributed by atoms with Crippen molar-refractivity contribution in [1.82, 2.24) is 4.90 Å². The maximum absolute atomic E-state index is 13.3. The second kappa shape index (κ2) is 11.0. The summed E-state index contributed by atoms with van der Waals surface area (Å²) in [5.41, 5.74) is 3.85. The van der Waals surface area contributed by atoms with E-state index in [0.29, 0.717) is 24.6 Å². The molecule has 1 aliphatic carbocycles. The Balaban J connectivity index is 1.19. The summed E-state index contributed by atoms with van der Waals surface area (Å²) >= 11 is 0. The Kier molecular flexibility index (Phi) is 7.50. The van der Waals surface area contributed by atoms with Crippen molar-refractivity contribution in [2.24, 2.45) is 11.8 Å². The molecule has 6 nitrogen and oxygen atoms in total. The predicted molar refractivity (Wildman–Crippen MR) is 150 cm³/mol. The maximum Gasteiger partial charge on any atom is 0.573 e. The number of rotatable bonds is 8. The van der Waals surface area contributed by atoms with Gasteiger partial charge in [0.15, 0.2) is 0 Å². The monoisotopic (exact) mass is 583 g/mol. The molecule has 1 aromatic heterocycles. The van der Waals surface area contributed by atoms with Gasteiger partial charge < -0.3 is 19.0 Å². The summed E-state index contributed by atoms with van der Waals surface area (Å²) in [5, 5.41) is 9.71. The van der Waals surface area contributed by atoms with Crippen LogP contribution < -0.4 is 9.47 Å². The van der Waals surface area contributed by atoms with E-state index in [2.05, 4.69) is 27.8 Å². The number of aliphatic carboxylic acids is 1. The van der Waals surface area contributed by atoms with Gasteiger partial charge in [0.2, 0.25) is 0 Å². The van der Waals surface area contributed by atoms with Gasteiger partial charge in [-0.25, -0.2) is 0 Å². The van der Waals surface area contributed by atoms with Crippen LogP contribution in [0.1, 0.15) is 74.6 Å². The molecule has 0 bridgehead atoms. The first-order chi connectivity index (χ1) is 20.0. The van der Waals surface area contributed by atoms with E-state index in [4.69, 9.17) is 9.15 Å². The van der Waals surface area contributed by atoms with Gasteiger partial charge in [0.1, 0.15) is 17.1 Å². The largest absolute Gasteiger partial charge is 0.573 e. The Hall–Kier alpha value is -3.46. The first-order valence-electron chi connectivity index (χ1n) is 14.7. The molecule has 9 heteroatoms. The van der Waals surface area contributed by atoms with Gasteiger partial charge in [-0.05, 0) is 98.2 Å². The van der Waals surface area contributed by atoms with Gasteiger partial charge in [0.05, 0.1) is 18.4 Å². The van der Waals surface area contributed by atoms with Crippen molar-refractivity contribution >= 4 is 5.97 Å². The van der Waals surface area contributed by atoms with Crippen LogP contribution in [0.3, 0.4) is 0 Å². The highest BCUT2D eigenvalue weighted by atomic mass is 19.4. The van der Waals surface area contributed by atoms with E-state index >= 15 is 0 Å². The molecular weight excluding hydrogens is 547 g/mol. The van der Waals surface area contributed by atoms with Gasteiger partial charge in [0, 0.05) is 30.3 Å². The Bertz CT molecular complexity index is 1420. The average molecular weight is 584 g/mol. The van der Waals surface area contributed by atoms with E-state index in [1.165, 1.54) is 12.3 Å². The number of piperidine rings is 1. The zero-order chi connectivity index (χ0) is 29.6. The van der Waals surface area contributed by atoms with Crippen LogP contribution in [-0.2, 0) is 11.2 Å². The third-order valence-corrected chi connectivity index (χ3v) is 9.51. The summed E-state index contributed by atoms with van der Waals surface area (Å²) in [6, 6.07) is 12.4. The lowest BCUT2D eigenvalue weighted by Crippen LogP contribution is -2.50. The maximum atomic E-state index is 13.3. The van der Waals surface area contributed by atoms with E-state index in [9.17, 15) is 23.1 Å².